The molecule has 1 amide bonds. The highest BCUT2D eigenvalue weighted by Gasteiger charge is 2.24. The largest absolute Gasteiger partial charge is 0.419 e. The first-order valence-electron chi connectivity index (χ1n) is 8.73. The van der Waals surface area contributed by atoms with Crippen LogP contribution in [0.5, 0.6) is 0 Å². The van der Waals surface area contributed by atoms with Crippen molar-refractivity contribution in [1.82, 2.24) is 4.98 Å². The van der Waals surface area contributed by atoms with Crippen molar-refractivity contribution in [3.63, 3.8) is 0 Å². The first kappa shape index (κ1) is 20.2. The van der Waals surface area contributed by atoms with Gasteiger partial charge in [0, 0.05) is 22.2 Å². The summed E-state index contributed by atoms with van der Waals surface area (Å²) in [5, 5.41) is 0.603. The molecule has 0 radical (unpaired) electrons. The van der Waals surface area contributed by atoms with Gasteiger partial charge in [0.05, 0.1) is 17.7 Å². The molecule has 0 bridgehead atoms. The normalized spacial score (nSPS) is 11.1. The summed E-state index contributed by atoms with van der Waals surface area (Å²) in [7, 11) is 0. The van der Waals surface area contributed by atoms with E-state index in [0.717, 1.165) is 12.1 Å². The number of carbonyl (C=O) groups excluding carboxylic acids is 1. The van der Waals surface area contributed by atoms with Gasteiger partial charge >= 0.3 is 5.63 Å². The van der Waals surface area contributed by atoms with Crippen molar-refractivity contribution in [2.75, 3.05) is 4.90 Å². The van der Waals surface area contributed by atoms with E-state index in [-0.39, 0.29) is 17.8 Å². The van der Waals surface area contributed by atoms with Crippen LogP contribution < -0.4 is 10.5 Å². The Morgan fingerprint density at radius 2 is 2.03 bits per heavy atom. The van der Waals surface area contributed by atoms with E-state index in [1.807, 2.05) is 0 Å². The summed E-state index contributed by atoms with van der Waals surface area (Å²) in [6.07, 6.45) is 0. The number of aromatic nitrogens is 1. The van der Waals surface area contributed by atoms with Gasteiger partial charge in [0.2, 0.25) is 5.82 Å². The van der Waals surface area contributed by atoms with Crippen molar-refractivity contribution in [2.45, 2.75) is 13.5 Å². The van der Waals surface area contributed by atoms with Gasteiger partial charge in [-0.05, 0) is 42.8 Å². The van der Waals surface area contributed by atoms with Crippen LogP contribution in [-0.2, 0) is 6.54 Å². The average Bonchev–Trinajstić information content (AvgIpc) is 3.14. The molecule has 0 atom stereocenters. The second-order valence-electron chi connectivity index (χ2n) is 6.47. The number of amides is 1. The Morgan fingerprint density at radius 3 is 2.73 bits per heavy atom. The number of carbonyl (C=O) groups is 1. The average molecular weight is 447 g/mol. The number of thiazole rings is 1. The number of halogens is 3. The molecule has 5 nitrogen and oxygen atoms in total. The molecular weight excluding hydrogens is 434 g/mol. The fraction of sp³-hybridized carbons (Fsp3) is 0.0952. The van der Waals surface area contributed by atoms with Crippen LogP contribution in [0.25, 0.3) is 11.0 Å². The third-order valence-corrected chi connectivity index (χ3v) is 5.68. The smallest absolute Gasteiger partial charge is 0.336 e. The maximum absolute atomic E-state index is 14.2. The highest BCUT2D eigenvalue weighted by molar-refractivity contribution is 7.12. The minimum absolute atomic E-state index is 0.0936. The predicted octanol–water partition coefficient (Wildman–Crippen LogP) is 5.34. The van der Waals surface area contributed by atoms with Crippen LogP contribution in [0.3, 0.4) is 0 Å². The van der Waals surface area contributed by atoms with Gasteiger partial charge in [0.25, 0.3) is 5.91 Å². The highest BCUT2D eigenvalue weighted by Crippen LogP contribution is 2.28. The fourth-order valence-corrected chi connectivity index (χ4v) is 4.03. The number of nitrogens with zero attached hydrogens (tertiary/aromatic N) is 2. The lowest BCUT2D eigenvalue weighted by molar-refractivity contribution is 0.0988. The molecule has 0 fully saturated rings. The van der Waals surface area contributed by atoms with Crippen molar-refractivity contribution < 1.29 is 18.0 Å². The Kier molecular flexibility index (Phi) is 5.36. The number of anilines is 1. The third-order valence-electron chi connectivity index (χ3n) is 4.52. The molecule has 0 unspecified atom stereocenters. The lowest BCUT2D eigenvalue weighted by atomic mass is 10.1. The molecular formula is C21H13ClF2N2O3S. The second kappa shape index (κ2) is 7.97. The standard InChI is InChI=1S/C21H13ClF2N2O3S/c1-11-20(30-10-25-11)21(28)26(14-4-2-3-13(22)8-14)9-12-7-17(27)29-19-15(12)5-6-16(23)18(19)24/h2-8,10H,9H2,1H3. The lowest BCUT2D eigenvalue weighted by Crippen LogP contribution is -2.30. The summed E-state index contributed by atoms with van der Waals surface area (Å²) >= 11 is 7.29. The maximum atomic E-state index is 14.2. The number of hydrogen-bond acceptors (Lipinski definition) is 5. The van der Waals surface area contributed by atoms with Gasteiger partial charge in [0.1, 0.15) is 4.88 Å². The van der Waals surface area contributed by atoms with E-state index >= 15 is 0 Å². The van der Waals surface area contributed by atoms with Gasteiger partial charge in [0.15, 0.2) is 11.4 Å². The van der Waals surface area contributed by atoms with Crippen LogP contribution in [0, 0.1) is 18.6 Å². The summed E-state index contributed by atoms with van der Waals surface area (Å²) in [6, 6.07) is 10.0. The summed E-state index contributed by atoms with van der Waals surface area (Å²) in [6.45, 7) is 1.62. The molecule has 0 aliphatic heterocycles. The van der Waals surface area contributed by atoms with Crippen LogP contribution in [0.15, 0.2) is 57.2 Å². The van der Waals surface area contributed by atoms with Gasteiger partial charge in [-0.2, -0.15) is 4.39 Å². The zero-order chi connectivity index (χ0) is 21.4. The number of hydrogen-bond donors (Lipinski definition) is 0. The van der Waals surface area contributed by atoms with Gasteiger partial charge in [-0.1, -0.05) is 17.7 Å². The highest BCUT2D eigenvalue weighted by atomic mass is 35.5. The van der Waals surface area contributed by atoms with E-state index in [9.17, 15) is 18.4 Å². The second-order valence-corrected chi connectivity index (χ2v) is 7.76. The van der Waals surface area contributed by atoms with Crippen molar-refractivity contribution in [2.24, 2.45) is 0 Å². The molecule has 30 heavy (non-hydrogen) atoms. The van der Waals surface area contributed by atoms with Crippen molar-refractivity contribution in [3.05, 3.63) is 91.2 Å². The van der Waals surface area contributed by atoms with Crippen molar-refractivity contribution in [1.29, 1.82) is 0 Å². The van der Waals surface area contributed by atoms with E-state index < -0.39 is 22.8 Å². The van der Waals surface area contributed by atoms with E-state index in [1.165, 1.54) is 22.3 Å². The molecule has 0 spiro atoms. The van der Waals surface area contributed by atoms with Crippen molar-refractivity contribution in [3.8, 4) is 0 Å². The molecule has 152 valence electrons. The zero-order valence-electron chi connectivity index (χ0n) is 15.5. The maximum Gasteiger partial charge on any atom is 0.336 e. The van der Waals surface area contributed by atoms with Gasteiger partial charge in [-0.3, -0.25) is 4.79 Å². The quantitative estimate of drug-likeness (QED) is 0.397. The molecule has 2 aromatic carbocycles. The molecule has 2 aromatic heterocycles. The minimum Gasteiger partial charge on any atom is -0.419 e. The van der Waals surface area contributed by atoms with Crippen LogP contribution in [0.1, 0.15) is 20.9 Å². The Balaban J connectivity index is 1.87. The van der Waals surface area contributed by atoms with E-state index in [0.29, 0.717) is 26.8 Å². The molecule has 0 aliphatic carbocycles. The number of benzene rings is 2. The summed E-state index contributed by atoms with van der Waals surface area (Å²) in [5.41, 5.74) is 1.55. The van der Waals surface area contributed by atoms with Gasteiger partial charge < -0.3 is 9.32 Å². The molecule has 0 aliphatic rings. The fourth-order valence-electron chi connectivity index (χ4n) is 3.09. The molecule has 0 saturated heterocycles. The summed E-state index contributed by atoms with van der Waals surface area (Å²) in [5.74, 6) is -2.75. The molecule has 4 aromatic rings. The van der Waals surface area contributed by atoms with Gasteiger partial charge in [-0.15, -0.1) is 11.3 Å². The molecule has 9 heteroatoms. The van der Waals surface area contributed by atoms with Crippen LogP contribution in [0.2, 0.25) is 5.02 Å². The number of rotatable bonds is 4. The number of aryl methyl sites for hydroxylation is 1. The lowest BCUT2D eigenvalue weighted by Gasteiger charge is -2.23. The molecule has 0 saturated carbocycles. The van der Waals surface area contributed by atoms with E-state index in [4.69, 9.17) is 16.0 Å². The first-order chi connectivity index (χ1) is 14.3. The Labute approximate surface area is 178 Å². The minimum atomic E-state index is -1.26. The van der Waals surface area contributed by atoms with Crippen LogP contribution >= 0.6 is 22.9 Å². The summed E-state index contributed by atoms with van der Waals surface area (Å²) < 4.78 is 32.7. The topological polar surface area (TPSA) is 63.4 Å². The summed E-state index contributed by atoms with van der Waals surface area (Å²) in [4.78, 5) is 31.2. The van der Waals surface area contributed by atoms with E-state index in [1.54, 1.807) is 36.7 Å². The first-order valence-corrected chi connectivity index (χ1v) is 9.99. The SMILES string of the molecule is Cc1ncsc1C(=O)N(Cc1cc(=O)oc2c(F)c(F)ccc12)c1cccc(Cl)c1. The molecule has 4 rings (SSSR count). The molecule has 2 heterocycles. The molecule has 0 N–H and O–H groups in total. The van der Waals surface area contributed by atoms with Crippen molar-refractivity contribution >= 4 is 45.5 Å². The predicted molar refractivity (Wildman–Crippen MR) is 111 cm³/mol. The Morgan fingerprint density at radius 1 is 1.23 bits per heavy atom. The monoisotopic (exact) mass is 446 g/mol. The zero-order valence-corrected chi connectivity index (χ0v) is 17.1. The van der Waals surface area contributed by atoms with Crippen LogP contribution in [-0.4, -0.2) is 10.9 Å². The Hall–Kier alpha value is -3.10. The van der Waals surface area contributed by atoms with Crippen LogP contribution in [0.4, 0.5) is 14.5 Å². The van der Waals surface area contributed by atoms with E-state index in [2.05, 4.69) is 4.98 Å². The van der Waals surface area contributed by atoms with Gasteiger partial charge in [-0.25, -0.2) is 14.2 Å². The number of fused-ring (bicyclic) bond motifs is 1. The third kappa shape index (κ3) is 3.71. The Bertz CT molecular complexity index is 1340.